The van der Waals surface area contributed by atoms with Gasteiger partial charge in [-0.3, -0.25) is 24.7 Å². The van der Waals surface area contributed by atoms with Crippen molar-refractivity contribution < 1.29 is 19.1 Å². The second-order valence-corrected chi connectivity index (χ2v) is 7.94. The number of carbonyl (C=O) groups is 3. The van der Waals surface area contributed by atoms with Crippen LogP contribution in [0, 0.1) is 0 Å². The van der Waals surface area contributed by atoms with Crippen LogP contribution in [0.5, 0.6) is 5.75 Å². The van der Waals surface area contributed by atoms with Crippen molar-refractivity contribution in [2.75, 3.05) is 19.0 Å². The molecular formula is C22H23ClN4O4S. The molecule has 0 spiro atoms. The smallest absolute Gasteiger partial charge is 0.269 e. The van der Waals surface area contributed by atoms with Gasteiger partial charge in [0, 0.05) is 23.3 Å². The lowest BCUT2D eigenvalue weighted by Crippen LogP contribution is -2.49. The number of ether oxygens (including phenoxy) is 1. The first-order valence-electron chi connectivity index (χ1n) is 10.00. The van der Waals surface area contributed by atoms with Crippen LogP contribution in [0.15, 0.2) is 48.5 Å². The highest BCUT2D eigenvalue weighted by atomic mass is 35.5. The molecule has 0 aliphatic carbocycles. The van der Waals surface area contributed by atoms with Crippen molar-refractivity contribution in [2.24, 2.45) is 0 Å². The predicted octanol–water partition coefficient (Wildman–Crippen LogP) is 3.23. The zero-order valence-corrected chi connectivity index (χ0v) is 19.2. The quantitative estimate of drug-likeness (QED) is 0.571. The molecule has 2 aromatic rings. The minimum atomic E-state index is -0.962. The van der Waals surface area contributed by atoms with Crippen molar-refractivity contribution in [3.05, 3.63) is 59.1 Å². The van der Waals surface area contributed by atoms with E-state index in [0.717, 1.165) is 6.42 Å². The molecule has 0 bridgehead atoms. The number of hydrogen-bond acceptors (Lipinski definition) is 5. The van der Waals surface area contributed by atoms with E-state index in [1.54, 1.807) is 48.5 Å². The molecule has 8 nitrogen and oxygen atoms in total. The van der Waals surface area contributed by atoms with E-state index in [1.807, 2.05) is 6.92 Å². The number of hydrazine groups is 1. The van der Waals surface area contributed by atoms with Gasteiger partial charge in [0.05, 0.1) is 13.0 Å². The molecule has 1 aliphatic rings. The van der Waals surface area contributed by atoms with Crippen molar-refractivity contribution in [1.29, 1.82) is 0 Å². The number of benzene rings is 2. The van der Waals surface area contributed by atoms with Crippen LogP contribution in [0.3, 0.4) is 0 Å². The number of nitrogens with one attached hydrogen (secondary N) is 2. The molecule has 1 saturated heterocycles. The van der Waals surface area contributed by atoms with Gasteiger partial charge in [-0.2, -0.15) is 0 Å². The molecule has 0 radical (unpaired) electrons. The second-order valence-electron chi connectivity index (χ2n) is 7.14. The summed E-state index contributed by atoms with van der Waals surface area (Å²) in [5, 5.41) is 4.59. The minimum absolute atomic E-state index is 0.104. The Labute approximate surface area is 196 Å². The zero-order chi connectivity index (χ0) is 23.3. The van der Waals surface area contributed by atoms with Crippen molar-refractivity contribution in [2.45, 2.75) is 25.8 Å². The molecule has 2 N–H and O–H groups in total. The van der Waals surface area contributed by atoms with Gasteiger partial charge >= 0.3 is 0 Å². The van der Waals surface area contributed by atoms with Gasteiger partial charge in [-0.1, -0.05) is 18.5 Å². The Morgan fingerprint density at radius 2 is 1.78 bits per heavy atom. The van der Waals surface area contributed by atoms with Crippen LogP contribution in [-0.2, 0) is 9.59 Å². The Kier molecular flexibility index (Phi) is 7.66. The van der Waals surface area contributed by atoms with E-state index < -0.39 is 17.9 Å². The Morgan fingerprint density at radius 1 is 1.12 bits per heavy atom. The Bertz CT molecular complexity index is 1010. The third kappa shape index (κ3) is 5.54. The molecule has 0 saturated carbocycles. The van der Waals surface area contributed by atoms with Crippen LogP contribution in [0.2, 0.25) is 5.02 Å². The van der Waals surface area contributed by atoms with Crippen molar-refractivity contribution in [3.8, 4) is 5.75 Å². The first kappa shape index (κ1) is 23.5. The minimum Gasteiger partial charge on any atom is -0.494 e. The van der Waals surface area contributed by atoms with E-state index in [-0.39, 0.29) is 17.4 Å². The molecule has 3 amide bonds. The van der Waals surface area contributed by atoms with Crippen LogP contribution in [0.1, 0.15) is 30.1 Å². The fourth-order valence-electron chi connectivity index (χ4n) is 3.04. The Hall–Kier alpha value is -3.17. The summed E-state index contributed by atoms with van der Waals surface area (Å²) in [5.74, 6) is -0.543. The summed E-state index contributed by atoms with van der Waals surface area (Å²) in [7, 11) is 1.50. The summed E-state index contributed by atoms with van der Waals surface area (Å²) in [6, 6.07) is 12.3. The average molecular weight is 475 g/mol. The molecule has 0 aromatic heterocycles. The fourth-order valence-corrected chi connectivity index (χ4v) is 3.43. The molecule has 1 fully saturated rings. The summed E-state index contributed by atoms with van der Waals surface area (Å²) >= 11 is 11.1. The maximum atomic E-state index is 12.7. The first-order valence-corrected chi connectivity index (χ1v) is 10.8. The van der Waals surface area contributed by atoms with Gasteiger partial charge < -0.3 is 10.1 Å². The number of thiocarbonyl (C=S) groups is 1. The summed E-state index contributed by atoms with van der Waals surface area (Å²) in [5.41, 5.74) is 3.53. The standard InChI is InChI=1S/C22H23ClN4O4S/c1-3-12-31-17-10-8-16(9-11-17)24-19(28)13-18-21(30)26(2)22(32)27(18)25-20(29)14-4-6-15(23)7-5-14/h4-11,18H,3,12-13H2,1-2H3,(H,24,28)(H,25,29). The zero-order valence-electron chi connectivity index (χ0n) is 17.6. The number of rotatable bonds is 8. The van der Waals surface area contributed by atoms with Crippen molar-refractivity contribution in [3.63, 3.8) is 0 Å². The third-order valence-corrected chi connectivity index (χ3v) is 5.46. The molecule has 32 heavy (non-hydrogen) atoms. The topological polar surface area (TPSA) is 91.0 Å². The summed E-state index contributed by atoms with van der Waals surface area (Å²) in [4.78, 5) is 39.1. The molecule has 2 aromatic carbocycles. The lowest BCUT2D eigenvalue weighted by molar-refractivity contribution is -0.130. The van der Waals surface area contributed by atoms with Gasteiger partial charge in [0.25, 0.3) is 11.8 Å². The Balaban J connectivity index is 1.66. The maximum Gasteiger partial charge on any atom is 0.269 e. The van der Waals surface area contributed by atoms with Gasteiger partial charge in [0.15, 0.2) is 5.11 Å². The molecule has 1 atom stereocenters. The largest absolute Gasteiger partial charge is 0.494 e. The van der Waals surface area contributed by atoms with Crippen LogP contribution < -0.4 is 15.5 Å². The van der Waals surface area contributed by atoms with Crippen LogP contribution in [-0.4, -0.2) is 52.4 Å². The van der Waals surface area contributed by atoms with Gasteiger partial charge in [0.2, 0.25) is 5.91 Å². The SMILES string of the molecule is CCCOc1ccc(NC(=O)CC2C(=O)N(C)C(=S)N2NC(=O)c2ccc(Cl)cc2)cc1. The lowest BCUT2D eigenvalue weighted by atomic mass is 10.2. The summed E-state index contributed by atoms with van der Waals surface area (Å²) < 4.78 is 5.52. The number of amides is 3. The number of nitrogens with zero attached hydrogens (tertiary/aromatic N) is 2. The van der Waals surface area contributed by atoms with Crippen LogP contribution in [0.25, 0.3) is 0 Å². The van der Waals surface area contributed by atoms with Gasteiger partial charge in [-0.25, -0.2) is 5.01 Å². The maximum absolute atomic E-state index is 12.7. The number of anilines is 1. The highest BCUT2D eigenvalue weighted by molar-refractivity contribution is 7.80. The molecule has 1 unspecified atom stereocenters. The van der Waals surface area contributed by atoms with E-state index in [4.69, 9.17) is 28.6 Å². The normalized spacial score (nSPS) is 15.7. The second kappa shape index (κ2) is 10.4. The molecule has 168 valence electrons. The molecule has 1 heterocycles. The van der Waals surface area contributed by atoms with Crippen molar-refractivity contribution >= 4 is 52.3 Å². The number of carbonyl (C=O) groups excluding carboxylic acids is 3. The van der Waals surface area contributed by atoms with E-state index in [2.05, 4.69) is 10.7 Å². The number of hydrogen-bond donors (Lipinski definition) is 2. The monoisotopic (exact) mass is 474 g/mol. The van der Waals surface area contributed by atoms with Crippen molar-refractivity contribution in [1.82, 2.24) is 15.3 Å². The van der Waals surface area contributed by atoms with E-state index in [1.165, 1.54) is 17.0 Å². The average Bonchev–Trinajstić information content (AvgIpc) is 2.97. The van der Waals surface area contributed by atoms with Gasteiger partial charge in [0.1, 0.15) is 11.8 Å². The lowest BCUT2D eigenvalue weighted by Gasteiger charge is -2.24. The molecule has 1 aliphatic heterocycles. The molecule has 10 heteroatoms. The highest BCUT2D eigenvalue weighted by Gasteiger charge is 2.42. The summed E-state index contributed by atoms with van der Waals surface area (Å²) in [6.07, 6.45) is 0.702. The third-order valence-electron chi connectivity index (χ3n) is 4.74. The van der Waals surface area contributed by atoms with E-state index in [9.17, 15) is 14.4 Å². The Morgan fingerprint density at radius 3 is 2.41 bits per heavy atom. The van der Waals surface area contributed by atoms with Gasteiger partial charge in [-0.05, 0) is 67.2 Å². The highest BCUT2D eigenvalue weighted by Crippen LogP contribution is 2.20. The summed E-state index contributed by atoms with van der Waals surface area (Å²) in [6.45, 7) is 2.63. The number of likely N-dealkylation sites (N-methyl/N-ethyl adjacent to an activating group) is 1. The van der Waals surface area contributed by atoms with Crippen LogP contribution >= 0.6 is 23.8 Å². The first-order chi connectivity index (χ1) is 15.3. The van der Waals surface area contributed by atoms with Crippen LogP contribution in [0.4, 0.5) is 5.69 Å². The predicted molar refractivity (Wildman–Crippen MR) is 125 cm³/mol. The fraction of sp³-hybridized carbons (Fsp3) is 0.273. The van der Waals surface area contributed by atoms with E-state index in [0.29, 0.717) is 28.6 Å². The number of halogens is 1. The molecular weight excluding hydrogens is 452 g/mol. The van der Waals surface area contributed by atoms with Gasteiger partial charge in [-0.15, -0.1) is 0 Å². The molecule has 3 rings (SSSR count). The van der Waals surface area contributed by atoms with E-state index >= 15 is 0 Å².